The molecule has 1 heterocycles. The predicted octanol–water partition coefficient (Wildman–Crippen LogP) is 0.874. The highest BCUT2D eigenvalue weighted by Crippen LogP contribution is 2.25. The molecule has 8 heteroatoms. The zero-order valence-corrected chi connectivity index (χ0v) is 13.9. The van der Waals surface area contributed by atoms with E-state index in [-0.39, 0.29) is 23.9 Å². The third-order valence-corrected chi connectivity index (χ3v) is 5.58. The van der Waals surface area contributed by atoms with Crippen molar-refractivity contribution in [1.29, 1.82) is 0 Å². The van der Waals surface area contributed by atoms with Crippen LogP contribution < -0.4 is 5.73 Å². The van der Waals surface area contributed by atoms with Gasteiger partial charge in [-0.25, -0.2) is 8.42 Å². The number of aliphatic hydroxyl groups is 1. The van der Waals surface area contributed by atoms with Crippen LogP contribution in [0.1, 0.15) is 38.3 Å². The van der Waals surface area contributed by atoms with Crippen molar-refractivity contribution in [2.24, 2.45) is 7.05 Å². The molecule has 0 saturated carbocycles. The number of nitrogens with two attached hydrogens (primary N) is 1. The average molecular weight is 318 g/mol. The lowest BCUT2D eigenvalue weighted by Gasteiger charge is -2.21. The first-order valence-corrected chi connectivity index (χ1v) is 8.70. The number of aromatic nitrogens is 2. The molecule has 0 saturated heterocycles. The van der Waals surface area contributed by atoms with Crippen LogP contribution in [0.4, 0.5) is 5.82 Å². The second-order valence-corrected chi connectivity index (χ2v) is 6.99. The lowest BCUT2D eigenvalue weighted by molar-refractivity contribution is 0.251. The molecule has 0 aliphatic rings. The number of aliphatic hydroxyl groups excluding tert-OH is 1. The van der Waals surface area contributed by atoms with E-state index < -0.39 is 10.0 Å². The summed E-state index contributed by atoms with van der Waals surface area (Å²) in [6.45, 7) is 4.01. The van der Waals surface area contributed by atoms with E-state index in [2.05, 4.69) is 12.0 Å². The standard InChI is InChI=1S/C13H26N4O3S/c1-4-5-6-7-8-17(9-10-18)21(19,20)12-11(2)16(3)15-13(12)14/h18H,4-10H2,1-3H3,(H2,14,15). The van der Waals surface area contributed by atoms with Gasteiger partial charge in [-0.3, -0.25) is 4.68 Å². The molecule has 1 aromatic heterocycles. The summed E-state index contributed by atoms with van der Waals surface area (Å²) in [5.74, 6) is 0.00602. The second-order valence-electron chi connectivity index (χ2n) is 5.11. The lowest BCUT2D eigenvalue weighted by Crippen LogP contribution is -2.35. The Hall–Kier alpha value is -1.12. The summed E-state index contributed by atoms with van der Waals surface area (Å²) in [7, 11) is -2.07. The van der Waals surface area contributed by atoms with Gasteiger partial charge in [-0.05, 0) is 13.3 Å². The van der Waals surface area contributed by atoms with Gasteiger partial charge in [0.15, 0.2) is 5.82 Å². The SMILES string of the molecule is CCCCCCN(CCO)S(=O)(=O)c1c(N)nn(C)c1C. The van der Waals surface area contributed by atoms with Crippen molar-refractivity contribution < 1.29 is 13.5 Å². The summed E-state index contributed by atoms with van der Waals surface area (Å²) in [6, 6.07) is 0. The molecule has 0 bridgehead atoms. The fraction of sp³-hybridized carbons (Fsp3) is 0.769. The molecule has 1 rings (SSSR count). The molecule has 0 aliphatic heterocycles. The maximum atomic E-state index is 12.7. The minimum atomic E-state index is -3.73. The fourth-order valence-corrected chi connectivity index (χ4v) is 4.00. The molecule has 0 spiro atoms. The first-order chi connectivity index (χ1) is 9.86. The molecule has 0 fully saturated rings. The molecule has 1 aromatic rings. The zero-order valence-electron chi connectivity index (χ0n) is 13.0. The van der Waals surface area contributed by atoms with Crippen LogP contribution in [-0.4, -0.2) is 47.3 Å². The van der Waals surface area contributed by atoms with Gasteiger partial charge in [0.25, 0.3) is 0 Å². The van der Waals surface area contributed by atoms with Crippen LogP contribution in [0.5, 0.6) is 0 Å². The molecule has 122 valence electrons. The minimum absolute atomic E-state index is 0.00602. The smallest absolute Gasteiger partial charge is 0.248 e. The van der Waals surface area contributed by atoms with Gasteiger partial charge in [0.2, 0.25) is 10.0 Å². The molecule has 0 aliphatic carbocycles. The van der Waals surface area contributed by atoms with Gasteiger partial charge in [0.1, 0.15) is 4.90 Å². The Morgan fingerprint density at radius 3 is 2.43 bits per heavy atom. The molecule has 0 unspecified atom stereocenters. The van der Waals surface area contributed by atoms with Gasteiger partial charge in [-0.1, -0.05) is 26.2 Å². The largest absolute Gasteiger partial charge is 0.395 e. The highest BCUT2D eigenvalue weighted by molar-refractivity contribution is 7.89. The summed E-state index contributed by atoms with van der Waals surface area (Å²) in [5, 5.41) is 13.1. The summed E-state index contributed by atoms with van der Waals surface area (Å²) >= 11 is 0. The lowest BCUT2D eigenvalue weighted by atomic mass is 10.2. The number of nitrogens with zero attached hydrogens (tertiary/aromatic N) is 3. The number of hydrogen-bond donors (Lipinski definition) is 2. The minimum Gasteiger partial charge on any atom is -0.395 e. The van der Waals surface area contributed by atoms with E-state index in [0.717, 1.165) is 25.7 Å². The molecule has 3 N–H and O–H groups in total. The Morgan fingerprint density at radius 2 is 1.95 bits per heavy atom. The van der Waals surface area contributed by atoms with Crippen LogP contribution in [0.15, 0.2) is 4.90 Å². The van der Waals surface area contributed by atoms with Crippen molar-refractivity contribution in [3.63, 3.8) is 0 Å². The maximum absolute atomic E-state index is 12.7. The van der Waals surface area contributed by atoms with Gasteiger partial charge in [0, 0.05) is 20.1 Å². The number of anilines is 1. The Labute approximate surface area is 126 Å². The van der Waals surface area contributed by atoms with E-state index >= 15 is 0 Å². The summed E-state index contributed by atoms with van der Waals surface area (Å²) < 4.78 is 28.2. The van der Waals surface area contributed by atoms with E-state index in [1.54, 1.807) is 14.0 Å². The second kappa shape index (κ2) is 7.77. The van der Waals surface area contributed by atoms with Crippen LogP contribution >= 0.6 is 0 Å². The Kier molecular flexibility index (Phi) is 6.63. The number of aryl methyl sites for hydroxylation is 1. The third kappa shape index (κ3) is 4.18. The van der Waals surface area contributed by atoms with E-state index in [1.807, 2.05) is 0 Å². The normalized spacial score (nSPS) is 12.2. The van der Waals surface area contributed by atoms with Crippen LogP contribution in [0.3, 0.4) is 0 Å². The predicted molar refractivity (Wildman–Crippen MR) is 82.3 cm³/mol. The molecular formula is C13H26N4O3S. The highest BCUT2D eigenvalue weighted by Gasteiger charge is 2.30. The van der Waals surface area contributed by atoms with Crippen molar-refractivity contribution in [2.45, 2.75) is 44.4 Å². The Balaban J connectivity index is 2.99. The molecule has 7 nitrogen and oxygen atoms in total. The van der Waals surface area contributed by atoms with Gasteiger partial charge < -0.3 is 10.8 Å². The molecular weight excluding hydrogens is 292 g/mol. The van der Waals surface area contributed by atoms with E-state index in [9.17, 15) is 8.42 Å². The molecule has 0 aromatic carbocycles. The van der Waals surface area contributed by atoms with Crippen LogP contribution in [-0.2, 0) is 17.1 Å². The van der Waals surface area contributed by atoms with Gasteiger partial charge in [-0.15, -0.1) is 0 Å². The van der Waals surface area contributed by atoms with Crippen LogP contribution in [0.25, 0.3) is 0 Å². The first-order valence-electron chi connectivity index (χ1n) is 7.26. The van der Waals surface area contributed by atoms with E-state index in [0.29, 0.717) is 12.2 Å². The van der Waals surface area contributed by atoms with Crippen molar-refractivity contribution >= 4 is 15.8 Å². The van der Waals surface area contributed by atoms with Crippen molar-refractivity contribution in [2.75, 3.05) is 25.4 Å². The zero-order chi connectivity index (χ0) is 16.0. The third-order valence-electron chi connectivity index (χ3n) is 3.51. The number of unbranched alkanes of at least 4 members (excludes halogenated alkanes) is 3. The average Bonchev–Trinajstić information content (AvgIpc) is 2.67. The van der Waals surface area contributed by atoms with E-state index in [1.165, 1.54) is 8.99 Å². The molecule has 0 radical (unpaired) electrons. The van der Waals surface area contributed by atoms with Crippen LogP contribution in [0.2, 0.25) is 0 Å². The van der Waals surface area contributed by atoms with Crippen LogP contribution in [0, 0.1) is 6.92 Å². The summed E-state index contributed by atoms with van der Waals surface area (Å²) in [5.41, 5.74) is 6.24. The van der Waals surface area contributed by atoms with Gasteiger partial charge in [0.05, 0.1) is 12.3 Å². The highest BCUT2D eigenvalue weighted by atomic mass is 32.2. The van der Waals surface area contributed by atoms with Crippen molar-refractivity contribution in [3.05, 3.63) is 5.69 Å². The number of sulfonamides is 1. The number of hydrogen-bond acceptors (Lipinski definition) is 5. The topological polar surface area (TPSA) is 101 Å². The maximum Gasteiger partial charge on any atom is 0.248 e. The Bertz CT molecular complexity index is 554. The number of rotatable bonds is 9. The molecule has 0 atom stereocenters. The quantitative estimate of drug-likeness (QED) is 0.658. The monoisotopic (exact) mass is 318 g/mol. The first kappa shape index (κ1) is 17.9. The van der Waals surface area contributed by atoms with Crippen molar-refractivity contribution in [1.82, 2.24) is 14.1 Å². The van der Waals surface area contributed by atoms with Gasteiger partial charge in [-0.2, -0.15) is 9.40 Å². The van der Waals surface area contributed by atoms with E-state index in [4.69, 9.17) is 10.8 Å². The fourth-order valence-electron chi connectivity index (χ4n) is 2.24. The number of nitrogen functional groups attached to an aromatic ring is 1. The van der Waals surface area contributed by atoms with Gasteiger partial charge >= 0.3 is 0 Å². The molecule has 0 amide bonds. The summed E-state index contributed by atoms with van der Waals surface area (Å²) in [4.78, 5) is 0.0499. The van der Waals surface area contributed by atoms with Crippen molar-refractivity contribution in [3.8, 4) is 0 Å². The molecule has 21 heavy (non-hydrogen) atoms. The summed E-state index contributed by atoms with van der Waals surface area (Å²) in [6.07, 6.45) is 3.89. The Morgan fingerprint density at radius 1 is 1.29 bits per heavy atom.